The zero-order chi connectivity index (χ0) is 22.9. The van der Waals surface area contributed by atoms with E-state index in [-0.39, 0.29) is 18.5 Å². The summed E-state index contributed by atoms with van der Waals surface area (Å²) in [5.41, 5.74) is 1.49. The summed E-state index contributed by atoms with van der Waals surface area (Å²) in [6, 6.07) is 7.31. The third kappa shape index (κ3) is 4.45. The van der Waals surface area contributed by atoms with Crippen molar-refractivity contribution in [3.05, 3.63) is 40.6 Å². The average Bonchev–Trinajstić information content (AvgIpc) is 3.02. The van der Waals surface area contributed by atoms with Gasteiger partial charge in [0.25, 0.3) is 0 Å². The Labute approximate surface area is 190 Å². The first-order valence-corrected chi connectivity index (χ1v) is 12.3. The van der Waals surface area contributed by atoms with Crippen LogP contribution in [0.1, 0.15) is 39.2 Å². The number of morpholine rings is 1. The highest BCUT2D eigenvalue weighted by atomic mass is 32.2. The molecule has 2 saturated heterocycles. The number of ether oxygens (including phenoxy) is 1. The van der Waals surface area contributed by atoms with Gasteiger partial charge in [-0.3, -0.25) is 0 Å². The van der Waals surface area contributed by atoms with Crippen LogP contribution < -0.4 is 10.6 Å². The van der Waals surface area contributed by atoms with Gasteiger partial charge in [-0.05, 0) is 44.5 Å². The van der Waals surface area contributed by atoms with Gasteiger partial charge in [-0.25, -0.2) is 14.1 Å². The number of amides is 2. The molecule has 0 spiro atoms. The topological polar surface area (TPSA) is 119 Å². The van der Waals surface area contributed by atoms with E-state index in [9.17, 15) is 15.0 Å². The molecular weight excluding hydrogens is 430 g/mol. The molecule has 0 bridgehead atoms. The van der Waals surface area contributed by atoms with Gasteiger partial charge in [0.1, 0.15) is 5.82 Å². The van der Waals surface area contributed by atoms with Crippen molar-refractivity contribution >= 4 is 28.2 Å². The molecule has 4 rings (SSSR count). The number of benzene rings is 1. The summed E-state index contributed by atoms with van der Waals surface area (Å²) in [5, 5.41) is 26.2. The Hall–Kier alpha value is -2.27. The van der Waals surface area contributed by atoms with Crippen molar-refractivity contribution in [3.8, 4) is 0 Å². The molecule has 0 aromatic heterocycles. The molecule has 32 heavy (non-hydrogen) atoms. The third-order valence-electron chi connectivity index (χ3n) is 6.01. The Bertz CT molecular complexity index is 973. The fourth-order valence-electron chi connectivity index (χ4n) is 4.08. The number of anilines is 1. The molecule has 3 aliphatic heterocycles. The predicted molar refractivity (Wildman–Crippen MR) is 125 cm³/mol. The SMILES string of the molecule is CCNC(=O)Nc1ccc(C2=NC(N3CCOC[C@@H]3CC)=C3CC(O)(O)C(C)S3=N2)cc1. The lowest BCUT2D eigenvalue weighted by atomic mass is 10.1. The van der Waals surface area contributed by atoms with Crippen LogP contribution in [-0.2, 0) is 15.4 Å². The number of urea groups is 1. The maximum absolute atomic E-state index is 11.8. The van der Waals surface area contributed by atoms with Crippen molar-refractivity contribution in [2.75, 3.05) is 31.6 Å². The molecule has 9 nitrogen and oxygen atoms in total. The molecule has 10 heteroatoms. The molecular formula is C22H31N5O4S. The lowest BCUT2D eigenvalue weighted by Gasteiger charge is -2.38. The fraction of sp³-hybridized carbons (Fsp3) is 0.545. The maximum atomic E-state index is 11.8. The normalized spacial score (nSPS) is 26.8. The van der Waals surface area contributed by atoms with Gasteiger partial charge in [0, 0.05) is 35.7 Å². The largest absolute Gasteiger partial charge is 0.377 e. The van der Waals surface area contributed by atoms with Gasteiger partial charge < -0.3 is 30.5 Å². The fourth-order valence-corrected chi connectivity index (χ4v) is 6.26. The Morgan fingerprint density at radius 3 is 2.75 bits per heavy atom. The second-order valence-corrected chi connectivity index (χ2v) is 10.2. The molecule has 2 fully saturated rings. The van der Waals surface area contributed by atoms with Crippen LogP contribution >= 0.6 is 0 Å². The molecule has 4 N–H and O–H groups in total. The van der Waals surface area contributed by atoms with Crippen LogP contribution in [-0.4, -0.2) is 70.4 Å². The van der Waals surface area contributed by atoms with E-state index in [1.807, 2.05) is 38.1 Å². The number of fused-ring (bicyclic) bond motifs is 1. The second-order valence-electron chi connectivity index (χ2n) is 8.18. The number of carbonyl (C=O) groups is 1. The molecule has 3 aliphatic rings. The monoisotopic (exact) mass is 461 g/mol. The molecule has 174 valence electrons. The quantitative estimate of drug-likeness (QED) is 0.501. The summed E-state index contributed by atoms with van der Waals surface area (Å²) in [6.07, 6.45) is 1.06. The van der Waals surface area contributed by atoms with Gasteiger partial charge in [-0.15, -0.1) is 0 Å². The number of nitrogens with zero attached hydrogens (tertiary/aromatic N) is 3. The number of amidine groups is 1. The summed E-state index contributed by atoms with van der Waals surface area (Å²) in [6.45, 7) is 8.31. The van der Waals surface area contributed by atoms with E-state index >= 15 is 0 Å². The molecule has 0 saturated carbocycles. The highest BCUT2D eigenvalue weighted by Crippen LogP contribution is 2.41. The minimum absolute atomic E-state index is 0.149. The Morgan fingerprint density at radius 1 is 1.31 bits per heavy atom. The first-order chi connectivity index (χ1) is 15.3. The van der Waals surface area contributed by atoms with Gasteiger partial charge in [-0.2, -0.15) is 0 Å². The first-order valence-electron chi connectivity index (χ1n) is 11.0. The van der Waals surface area contributed by atoms with E-state index in [2.05, 4.69) is 22.5 Å². The standard InChI is InChI=1S/C22H31N5O4S/c1-4-17-13-31-11-10-27(17)20-18-12-22(29,30)14(3)32(18)26-19(25-20)15-6-8-16(9-7-15)24-21(28)23-5-2/h6-9,14,17,29-30H,4-5,10-13H2,1-3H3,(H2,23,24,28)/t14?,17-,32?/m0/s1. The summed E-state index contributed by atoms with van der Waals surface area (Å²) in [5.74, 6) is -0.426. The number of carbonyl (C=O) groups excluding carboxylic acids is 1. The number of rotatable bonds is 5. The van der Waals surface area contributed by atoms with Crippen molar-refractivity contribution in [1.29, 1.82) is 0 Å². The van der Waals surface area contributed by atoms with Crippen LogP contribution in [0.5, 0.6) is 0 Å². The summed E-state index contributed by atoms with van der Waals surface area (Å²) in [7, 11) is -0.684. The molecule has 1 aromatic carbocycles. The van der Waals surface area contributed by atoms with E-state index in [1.54, 1.807) is 0 Å². The van der Waals surface area contributed by atoms with Crippen molar-refractivity contribution in [2.24, 2.45) is 9.36 Å². The van der Waals surface area contributed by atoms with Gasteiger partial charge in [0.05, 0.1) is 24.5 Å². The molecule has 2 unspecified atom stereocenters. The summed E-state index contributed by atoms with van der Waals surface area (Å²) >= 11 is 0. The Morgan fingerprint density at radius 2 is 2.06 bits per heavy atom. The van der Waals surface area contributed by atoms with Crippen LogP contribution in [0.25, 0.3) is 0 Å². The number of aliphatic imine (C=N–C) groups is 1. The van der Waals surface area contributed by atoms with Crippen LogP contribution in [0.3, 0.4) is 0 Å². The Balaban J connectivity index is 1.69. The van der Waals surface area contributed by atoms with Crippen LogP contribution in [0.2, 0.25) is 0 Å². The summed E-state index contributed by atoms with van der Waals surface area (Å²) < 4.78 is 10.5. The highest BCUT2D eigenvalue weighted by molar-refractivity contribution is 7.92. The van der Waals surface area contributed by atoms with E-state index < -0.39 is 21.7 Å². The highest BCUT2D eigenvalue weighted by Gasteiger charge is 2.47. The molecule has 0 aliphatic carbocycles. The number of hydrogen-bond donors (Lipinski definition) is 4. The number of nitrogens with one attached hydrogen (secondary N) is 2. The number of hydrogen-bond acceptors (Lipinski definition) is 7. The third-order valence-corrected chi connectivity index (χ3v) is 8.26. The van der Waals surface area contributed by atoms with E-state index in [0.717, 1.165) is 22.7 Å². The van der Waals surface area contributed by atoms with Gasteiger partial charge >= 0.3 is 6.03 Å². The van der Waals surface area contributed by atoms with E-state index in [1.165, 1.54) is 0 Å². The number of aliphatic hydroxyl groups is 2. The second kappa shape index (κ2) is 9.30. The zero-order valence-electron chi connectivity index (χ0n) is 18.7. The molecule has 3 atom stereocenters. The lowest BCUT2D eigenvalue weighted by Crippen LogP contribution is -2.45. The smallest absolute Gasteiger partial charge is 0.319 e. The first kappa shape index (κ1) is 22.9. The van der Waals surface area contributed by atoms with Crippen molar-refractivity contribution in [3.63, 3.8) is 0 Å². The molecule has 1 aromatic rings. The van der Waals surface area contributed by atoms with Crippen molar-refractivity contribution in [1.82, 2.24) is 10.2 Å². The molecule has 0 radical (unpaired) electrons. The van der Waals surface area contributed by atoms with E-state index in [0.29, 0.717) is 37.8 Å². The Kier molecular flexibility index (Phi) is 6.66. The van der Waals surface area contributed by atoms with Crippen LogP contribution in [0.15, 0.2) is 44.3 Å². The summed E-state index contributed by atoms with van der Waals surface area (Å²) in [4.78, 5) is 19.8. The van der Waals surface area contributed by atoms with Gasteiger partial charge in [0.2, 0.25) is 0 Å². The minimum atomic E-state index is -1.80. The lowest BCUT2D eigenvalue weighted by molar-refractivity contribution is -0.151. The van der Waals surface area contributed by atoms with Crippen LogP contribution in [0.4, 0.5) is 10.5 Å². The molecule has 3 heterocycles. The van der Waals surface area contributed by atoms with Crippen molar-refractivity contribution in [2.45, 2.75) is 50.7 Å². The van der Waals surface area contributed by atoms with Crippen molar-refractivity contribution < 1.29 is 19.7 Å². The average molecular weight is 462 g/mol. The van der Waals surface area contributed by atoms with Gasteiger partial charge in [-0.1, -0.05) is 17.6 Å². The van der Waals surface area contributed by atoms with E-state index in [4.69, 9.17) is 14.1 Å². The van der Waals surface area contributed by atoms with Gasteiger partial charge in [0.15, 0.2) is 11.6 Å². The minimum Gasteiger partial charge on any atom is -0.377 e. The zero-order valence-corrected chi connectivity index (χ0v) is 19.5. The maximum Gasteiger partial charge on any atom is 0.319 e. The predicted octanol–water partition coefficient (Wildman–Crippen LogP) is 2.14. The van der Waals surface area contributed by atoms with Crippen LogP contribution in [0, 0.1) is 0 Å². The molecule has 2 amide bonds.